The number of aromatic amines is 1. The summed E-state index contributed by atoms with van der Waals surface area (Å²) in [6, 6.07) is 1.59. The van der Waals surface area contributed by atoms with Crippen molar-refractivity contribution in [1.82, 2.24) is 25.9 Å². The molecule has 4 atom stereocenters. The molecule has 0 fully saturated rings. The lowest BCUT2D eigenvalue weighted by Crippen LogP contribution is -2.58. The number of rotatable bonds is 13. The summed E-state index contributed by atoms with van der Waals surface area (Å²) in [6.45, 7) is 3.53. The fraction of sp³-hybridized carbons (Fsp3) is 0.435. The topological polar surface area (TPSA) is 200 Å². The third-order valence-electron chi connectivity index (χ3n) is 5.44. The number of carboxylic acid groups (broad SMARTS) is 1. The van der Waals surface area contributed by atoms with Gasteiger partial charge in [-0.3, -0.25) is 14.4 Å². The number of benzene rings is 1. The number of carboxylic acids is 1. The van der Waals surface area contributed by atoms with Crippen LogP contribution in [0, 0.1) is 5.92 Å². The molecule has 3 amide bonds. The van der Waals surface area contributed by atoms with Gasteiger partial charge >= 0.3 is 5.97 Å². The molecule has 0 aliphatic rings. The zero-order valence-corrected chi connectivity index (χ0v) is 20.9. The van der Waals surface area contributed by atoms with Crippen LogP contribution in [-0.4, -0.2) is 73.8 Å². The normalized spacial score (nSPS) is 14.4. The second-order valence-electron chi connectivity index (χ2n) is 8.63. The summed E-state index contributed by atoms with van der Waals surface area (Å²) in [5.74, 6) is -3.44. The highest BCUT2D eigenvalue weighted by atomic mass is 32.1. The van der Waals surface area contributed by atoms with Gasteiger partial charge in [-0.1, -0.05) is 26.0 Å². The first-order chi connectivity index (χ1) is 17.0. The summed E-state index contributed by atoms with van der Waals surface area (Å²) >= 11 is 4.13. The van der Waals surface area contributed by atoms with Gasteiger partial charge in [0.05, 0.1) is 12.4 Å². The summed E-state index contributed by atoms with van der Waals surface area (Å²) in [4.78, 5) is 56.8. The van der Waals surface area contributed by atoms with Crippen molar-refractivity contribution >= 4 is 36.3 Å². The Morgan fingerprint density at radius 2 is 1.56 bits per heavy atom. The highest BCUT2D eigenvalue weighted by molar-refractivity contribution is 7.80. The van der Waals surface area contributed by atoms with Gasteiger partial charge in [-0.05, 0) is 23.6 Å². The van der Waals surface area contributed by atoms with Gasteiger partial charge in [0.1, 0.15) is 23.9 Å². The van der Waals surface area contributed by atoms with Gasteiger partial charge < -0.3 is 36.9 Å². The Labute approximate surface area is 213 Å². The molecule has 0 radical (unpaired) electrons. The molecule has 36 heavy (non-hydrogen) atoms. The van der Waals surface area contributed by atoms with Gasteiger partial charge in [-0.15, -0.1) is 0 Å². The second-order valence-corrected chi connectivity index (χ2v) is 8.99. The van der Waals surface area contributed by atoms with Crippen LogP contribution in [0.3, 0.4) is 0 Å². The maximum absolute atomic E-state index is 13.1. The van der Waals surface area contributed by atoms with E-state index in [-0.39, 0.29) is 30.3 Å². The van der Waals surface area contributed by atoms with Crippen LogP contribution in [-0.2, 0) is 32.0 Å². The largest absolute Gasteiger partial charge is 0.508 e. The Balaban J connectivity index is 2.20. The first-order valence-electron chi connectivity index (χ1n) is 11.3. The number of nitrogens with one attached hydrogen (secondary N) is 4. The quantitative estimate of drug-likeness (QED) is 0.159. The Bertz CT molecular complexity index is 1030. The fourth-order valence-electron chi connectivity index (χ4n) is 3.20. The zero-order valence-electron chi connectivity index (χ0n) is 20.0. The molecular formula is C23H32N6O6S. The average Bonchev–Trinajstić information content (AvgIpc) is 3.35. The number of nitrogens with two attached hydrogens (primary N) is 1. The molecule has 0 saturated heterocycles. The molecule has 1 aromatic carbocycles. The number of H-pyrrole nitrogens is 1. The predicted molar refractivity (Wildman–Crippen MR) is 134 cm³/mol. The number of phenols is 1. The monoisotopic (exact) mass is 520 g/mol. The van der Waals surface area contributed by atoms with Gasteiger partial charge in [-0.2, -0.15) is 12.6 Å². The zero-order chi connectivity index (χ0) is 26.8. The second kappa shape index (κ2) is 13.5. The molecule has 8 N–H and O–H groups in total. The summed E-state index contributed by atoms with van der Waals surface area (Å²) in [5.41, 5.74) is 6.95. The van der Waals surface area contributed by atoms with Crippen LogP contribution in [0.15, 0.2) is 36.8 Å². The molecule has 2 aromatic rings. The third-order valence-corrected chi connectivity index (χ3v) is 5.80. The van der Waals surface area contributed by atoms with Crippen LogP contribution in [0.1, 0.15) is 25.1 Å². The van der Waals surface area contributed by atoms with Gasteiger partial charge in [0.25, 0.3) is 0 Å². The molecular weight excluding hydrogens is 488 g/mol. The van der Waals surface area contributed by atoms with Crippen molar-refractivity contribution in [3.63, 3.8) is 0 Å². The molecule has 2 rings (SSSR count). The molecule has 0 aliphatic heterocycles. The van der Waals surface area contributed by atoms with Gasteiger partial charge in [0.2, 0.25) is 17.7 Å². The molecule has 0 bridgehead atoms. The van der Waals surface area contributed by atoms with Crippen LogP contribution in [0.25, 0.3) is 0 Å². The van der Waals surface area contributed by atoms with Crippen LogP contribution in [0.4, 0.5) is 0 Å². The van der Waals surface area contributed by atoms with Crippen molar-refractivity contribution in [1.29, 1.82) is 0 Å². The van der Waals surface area contributed by atoms with E-state index < -0.39 is 47.9 Å². The van der Waals surface area contributed by atoms with E-state index >= 15 is 0 Å². The first-order valence-corrected chi connectivity index (χ1v) is 11.9. The molecule has 13 heteroatoms. The molecule has 196 valence electrons. The van der Waals surface area contributed by atoms with E-state index in [0.29, 0.717) is 11.3 Å². The van der Waals surface area contributed by atoms with Crippen LogP contribution in [0.5, 0.6) is 5.75 Å². The van der Waals surface area contributed by atoms with E-state index in [1.807, 2.05) is 0 Å². The molecule has 0 saturated carbocycles. The van der Waals surface area contributed by atoms with Crippen molar-refractivity contribution in [2.75, 3.05) is 5.75 Å². The third kappa shape index (κ3) is 8.57. The Kier molecular flexibility index (Phi) is 10.7. The lowest BCUT2D eigenvalue weighted by Gasteiger charge is -2.25. The molecule has 0 spiro atoms. The highest BCUT2D eigenvalue weighted by Gasteiger charge is 2.30. The number of aromatic hydroxyl groups is 1. The van der Waals surface area contributed by atoms with E-state index in [4.69, 9.17) is 5.73 Å². The van der Waals surface area contributed by atoms with Crippen molar-refractivity contribution in [2.24, 2.45) is 11.7 Å². The van der Waals surface area contributed by atoms with Gasteiger partial charge in [0, 0.05) is 30.5 Å². The molecule has 4 unspecified atom stereocenters. The molecule has 12 nitrogen and oxygen atoms in total. The van der Waals surface area contributed by atoms with Crippen molar-refractivity contribution in [2.45, 2.75) is 50.9 Å². The number of carbonyl (C=O) groups excluding carboxylic acids is 3. The number of imidazole rings is 1. The van der Waals surface area contributed by atoms with E-state index in [0.717, 1.165) is 0 Å². The predicted octanol–water partition coefficient (Wildman–Crippen LogP) is -0.647. The minimum atomic E-state index is -1.29. The summed E-state index contributed by atoms with van der Waals surface area (Å²) in [5, 5.41) is 26.7. The number of carbonyl (C=O) groups is 4. The van der Waals surface area contributed by atoms with Crippen LogP contribution < -0.4 is 21.7 Å². The van der Waals surface area contributed by atoms with Crippen molar-refractivity contribution < 1.29 is 29.4 Å². The van der Waals surface area contributed by atoms with Crippen LogP contribution >= 0.6 is 12.6 Å². The minimum Gasteiger partial charge on any atom is -0.508 e. The first kappa shape index (κ1) is 28.7. The standard InChI is InChI=1S/C23H32N6O6S/c1-12(2)19(24)22(33)29-18(10-36)21(32)27-16(7-13-3-5-15(30)6-4-13)20(31)28-17(23(34)35)8-14-9-25-11-26-14/h3-6,9,11-12,16-19,30,36H,7-8,10,24H2,1-2H3,(H,25,26)(H,27,32)(H,28,31)(H,29,33)(H,34,35). The number of thiol groups is 1. The SMILES string of the molecule is CC(C)C(N)C(=O)NC(CS)C(=O)NC(Cc1ccc(O)cc1)C(=O)NC(Cc1cnc[nH]1)C(=O)O. The number of nitrogens with zero attached hydrogens (tertiary/aromatic N) is 1. The van der Waals surface area contributed by atoms with E-state index in [9.17, 15) is 29.4 Å². The number of aliphatic carboxylic acids is 1. The smallest absolute Gasteiger partial charge is 0.326 e. The van der Waals surface area contributed by atoms with Gasteiger partial charge in [-0.25, -0.2) is 9.78 Å². The molecule has 0 aliphatic carbocycles. The Morgan fingerprint density at radius 3 is 2.08 bits per heavy atom. The van der Waals surface area contributed by atoms with E-state index in [2.05, 4.69) is 38.5 Å². The lowest BCUT2D eigenvalue weighted by atomic mass is 10.0. The maximum Gasteiger partial charge on any atom is 0.326 e. The van der Waals surface area contributed by atoms with E-state index in [1.54, 1.807) is 26.0 Å². The summed E-state index contributed by atoms with van der Waals surface area (Å²) in [7, 11) is 0. The molecule has 1 aromatic heterocycles. The average molecular weight is 521 g/mol. The summed E-state index contributed by atoms with van der Waals surface area (Å²) in [6.07, 6.45) is 2.77. The highest BCUT2D eigenvalue weighted by Crippen LogP contribution is 2.12. The van der Waals surface area contributed by atoms with E-state index in [1.165, 1.54) is 24.7 Å². The maximum atomic E-state index is 13.1. The van der Waals surface area contributed by atoms with Gasteiger partial charge in [0.15, 0.2) is 0 Å². The summed E-state index contributed by atoms with van der Waals surface area (Å²) < 4.78 is 0. The molecule has 1 heterocycles. The number of amides is 3. The number of hydrogen-bond donors (Lipinski definition) is 8. The Morgan fingerprint density at radius 1 is 0.972 bits per heavy atom. The number of aromatic nitrogens is 2. The Hall–Kier alpha value is -3.58. The van der Waals surface area contributed by atoms with Crippen LogP contribution in [0.2, 0.25) is 0 Å². The number of phenolic OH excluding ortho intramolecular Hbond substituents is 1. The lowest BCUT2D eigenvalue weighted by molar-refractivity contribution is -0.142. The van der Waals surface area contributed by atoms with Crippen molar-refractivity contribution in [3.8, 4) is 5.75 Å². The minimum absolute atomic E-state index is 0.00695. The van der Waals surface area contributed by atoms with Crippen molar-refractivity contribution in [3.05, 3.63) is 48.0 Å². The number of hydrogen-bond acceptors (Lipinski definition) is 8. The fourth-order valence-corrected chi connectivity index (χ4v) is 3.46.